The highest BCUT2D eigenvalue weighted by atomic mass is 32.2. The quantitative estimate of drug-likeness (QED) is 0.873. The van der Waals surface area contributed by atoms with Crippen molar-refractivity contribution in [3.63, 3.8) is 0 Å². The van der Waals surface area contributed by atoms with E-state index < -0.39 is 0 Å². The van der Waals surface area contributed by atoms with Gasteiger partial charge in [-0.05, 0) is 25.1 Å². The molecule has 1 unspecified atom stereocenters. The lowest BCUT2D eigenvalue weighted by molar-refractivity contribution is -0.116. The molecule has 0 aliphatic carbocycles. The van der Waals surface area contributed by atoms with Gasteiger partial charge in [0.1, 0.15) is 5.75 Å². The van der Waals surface area contributed by atoms with Gasteiger partial charge in [-0.25, -0.2) is 4.98 Å². The summed E-state index contributed by atoms with van der Waals surface area (Å²) in [6.07, 6.45) is 2.10. The fourth-order valence-electron chi connectivity index (χ4n) is 2.43. The Labute approximate surface area is 146 Å². The molecule has 0 radical (unpaired) electrons. The average molecular weight is 343 g/mol. The summed E-state index contributed by atoms with van der Waals surface area (Å²) in [5.74, 6) is 3.34. The van der Waals surface area contributed by atoms with Crippen molar-refractivity contribution < 1.29 is 9.53 Å². The Hall–Kier alpha value is -2.05. The lowest BCUT2D eigenvalue weighted by Crippen LogP contribution is -2.39. The number of aromatic nitrogens is 1. The number of benzene rings is 1. The molecule has 1 aliphatic rings. The largest absolute Gasteiger partial charge is 0.439 e. The van der Waals surface area contributed by atoms with E-state index in [1.54, 1.807) is 18.3 Å². The van der Waals surface area contributed by atoms with Gasteiger partial charge in [0, 0.05) is 36.6 Å². The fraction of sp³-hybridized carbons (Fsp3) is 0.333. The van der Waals surface area contributed by atoms with Crippen LogP contribution in [0.4, 0.5) is 5.69 Å². The van der Waals surface area contributed by atoms with Crippen LogP contribution >= 0.6 is 11.8 Å². The summed E-state index contributed by atoms with van der Waals surface area (Å²) >= 11 is 1.88. The van der Waals surface area contributed by atoms with Crippen molar-refractivity contribution in [3.8, 4) is 11.6 Å². The van der Waals surface area contributed by atoms with Gasteiger partial charge in [-0.3, -0.25) is 4.79 Å². The van der Waals surface area contributed by atoms with Crippen molar-refractivity contribution in [1.82, 2.24) is 10.3 Å². The minimum absolute atomic E-state index is 0.00371. The normalized spacial score (nSPS) is 17.3. The minimum Gasteiger partial charge on any atom is -0.439 e. The number of anilines is 1. The van der Waals surface area contributed by atoms with E-state index in [-0.39, 0.29) is 11.9 Å². The number of amides is 1. The standard InChI is InChI=1S/C18H21N3O2S/c1-13-2-5-16(6-3-13)23-18-7-4-14(11-20-18)21-17(22)10-15-12-24-9-8-19-15/h2-7,11,15,19H,8-10,12H2,1H3,(H,21,22). The Bertz CT molecular complexity index is 668. The molecule has 1 atom stereocenters. The maximum Gasteiger partial charge on any atom is 0.226 e. The second-order valence-corrected chi connectivity index (χ2v) is 6.93. The Morgan fingerprint density at radius 2 is 2.17 bits per heavy atom. The molecule has 0 saturated carbocycles. The SMILES string of the molecule is Cc1ccc(Oc2ccc(NC(=O)CC3CSCCN3)cn2)cc1. The molecule has 1 saturated heterocycles. The molecular formula is C18H21N3O2S. The highest BCUT2D eigenvalue weighted by molar-refractivity contribution is 7.99. The summed E-state index contributed by atoms with van der Waals surface area (Å²) in [6.45, 7) is 3.00. The van der Waals surface area contributed by atoms with Gasteiger partial charge in [0.2, 0.25) is 11.8 Å². The predicted molar refractivity (Wildman–Crippen MR) is 97.9 cm³/mol. The maximum atomic E-state index is 12.1. The van der Waals surface area contributed by atoms with Gasteiger partial charge in [-0.15, -0.1) is 0 Å². The summed E-state index contributed by atoms with van der Waals surface area (Å²) in [5, 5.41) is 6.24. The summed E-state index contributed by atoms with van der Waals surface area (Å²) in [6, 6.07) is 11.6. The number of hydrogen-bond acceptors (Lipinski definition) is 5. The third-order valence-electron chi connectivity index (χ3n) is 3.69. The number of hydrogen-bond donors (Lipinski definition) is 2. The van der Waals surface area contributed by atoms with Gasteiger partial charge in [-0.2, -0.15) is 11.8 Å². The first-order chi connectivity index (χ1) is 11.7. The van der Waals surface area contributed by atoms with Gasteiger partial charge in [0.15, 0.2) is 0 Å². The number of nitrogens with one attached hydrogen (secondary N) is 2. The summed E-state index contributed by atoms with van der Waals surface area (Å²) in [7, 11) is 0. The highest BCUT2D eigenvalue weighted by Gasteiger charge is 2.16. The molecule has 2 heterocycles. The molecule has 126 valence electrons. The molecule has 5 nitrogen and oxygen atoms in total. The number of aryl methyl sites for hydroxylation is 1. The topological polar surface area (TPSA) is 63.2 Å². The highest BCUT2D eigenvalue weighted by Crippen LogP contribution is 2.21. The second-order valence-electron chi connectivity index (χ2n) is 5.78. The molecule has 3 rings (SSSR count). The third kappa shape index (κ3) is 4.97. The number of thioether (sulfide) groups is 1. The Morgan fingerprint density at radius 1 is 1.33 bits per heavy atom. The summed E-state index contributed by atoms with van der Waals surface area (Å²) in [5.41, 5.74) is 1.86. The summed E-state index contributed by atoms with van der Waals surface area (Å²) in [4.78, 5) is 16.3. The third-order valence-corrected chi connectivity index (χ3v) is 4.82. The van der Waals surface area contributed by atoms with Crippen molar-refractivity contribution in [2.24, 2.45) is 0 Å². The minimum atomic E-state index is 0.00371. The molecule has 6 heteroatoms. The molecular weight excluding hydrogens is 322 g/mol. The van der Waals surface area contributed by atoms with E-state index in [1.807, 2.05) is 43.0 Å². The van der Waals surface area contributed by atoms with Crippen molar-refractivity contribution in [1.29, 1.82) is 0 Å². The Morgan fingerprint density at radius 3 is 2.83 bits per heavy atom. The number of rotatable bonds is 5. The first kappa shape index (κ1) is 16.8. The smallest absolute Gasteiger partial charge is 0.226 e. The van der Waals surface area contributed by atoms with Crippen molar-refractivity contribution in [3.05, 3.63) is 48.2 Å². The first-order valence-electron chi connectivity index (χ1n) is 8.00. The molecule has 0 bridgehead atoms. The van der Waals surface area contributed by atoms with Crippen LogP contribution in [0.3, 0.4) is 0 Å². The number of nitrogens with zero attached hydrogens (tertiary/aromatic N) is 1. The van der Waals surface area contributed by atoms with Gasteiger partial charge in [0.25, 0.3) is 0 Å². The lowest BCUT2D eigenvalue weighted by Gasteiger charge is -2.22. The maximum absolute atomic E-state index is 12.1. The zero-order valence-corrected chi connectivity index (χ0v) is 14.4. The Kier molecular flexibility index (Phi) is 5.72. The van der Waals surface area contributed by atoms with Crippen LogP contribution in [-0.4, -0.2) is 35.0 Å². The molecule has 1 aromatic carbocycles. The van der Waals surface area contributed by atoms with Crippen LogP contribution < -0.4 is 15.4 Å². The molecule has 1 aliphatic heterocycles. The number of pyridine rings is 1. The number of carbonyl (C=O) groups is 1. The summed E-state index contributed by atoms with van der Waals surface area (Å²) < 4.78 is 5.68. The monoisotopic (exact) mass is 343 g/mol. The molecule has 1 amide bonds. The van der Waals surface area contributed by atoms with Gasteiger partial charge in [-0.1, -0.05) is 17.7 Å². The van der Waals surface area contributed by atoms with Gasteiger partial charge >= 0.3 is 0 Å². The van der Waals surface area contributed by atoms with Crippen LogP contribution in [0.5, 0.6) is 11.6 Å². The first-order valence-corrected chi connectivity index (χ1v) is 9.16. The fourth-order valence-corrected chi connectivity index (χ4v) is 3.38. The zero-order chi connectivity index (χ0) is 16.8. The van der Waals surface area contributed by atoms with E-state index >= 15 is 0 Å². The zero-order valence-electron chi connectivity index (χ0n) is 13.6. The second kappa shape index (κ2) is 8.17. The van der Waals surface area contributed by atoms with Crippen LogP contribution in [0.1, 0.15) is 12.0 Å². The number of ether oxygens (including phenoxy) is 1. The van der Waals surface area contributed by atoms with E-state index in [2.05, 4.69) is 15.6 Å². The van der Waals surface area contributed by atoms with Crippen molar-refractivity contribution in [2.45, 2.75) is 19.4 Å². The molecule has 0 spiro atoms. The lowest BCUT2D eigenvalue weighted by atomic mass is 10.2. The molecule has 24 heavy (non-hydrogen) atoms. The van der Waals surface area contributed by atoms with Gasteiger partial charge in [0.05, 0.1) is 11.9 Å². The Balaban J connectivity index is 1.52. The van der Waals surface area contributed by atoms with Crippen LogP contribution in [-0.2, 0) is 4.79 Å². The van der Waals surface area contributed by atoms with Crippen LogP contribution in [0.15, 0.2) is 42.6 Å². The number of carbonyl (C=O) groups excluding carboxylic acids is 1. The molecule has 1 fully saturated rings. The average Bonchev–Trinajstić information content (AvgIpc) is 2.59. The van der Waals surface area contributed by atoms with E-state index in [0.717, 1.165) is 23.8 Å². The van der Waals surface area contributed by atoms with Gasteiger partial charge < -0.3 is 15.4 Å². The van der Waals surface area contributed by atoms with E-state index in [0.29, 0.717) is 18.0 Å². The molecule has 2 aromatic rings. The predicted octanol–water partition coefficient (Wildman–Crippen LogP) is 3.22. The van der Waals surface area contributed by atoms with Crippen LogP contribution in [0.2, 0.25) is 0 Å². The van der Waals surface area contributed by atoms with E-state index in [1.165, 1.54) is 5.56 Å². The van der Waals surface area contributed by atoms with E-state index in [4.69, 9.17) is 4.74 Å². The van der Waals surface area contributed by atoms with E-state index in [9.17, 15) is 4.79 Å². The van der Waals surface area contributed by atoms with Crippen LogP contribution in [0, 0.1) is 6.92 Å². The van der Waals surface area contributed by atoms with Crippen molar-refractivity contribution in [2.75, 3.05) is 23.4 Å². The molecule has 2 N–H and O–H groups in total. The molecule has 1 aromatic heterocycles. The van der Waals surface area contributed by atoms with Crippen LogP contribution in [0.25, 0.3) is 0 Å². The van der Waals surface area contributed by atoms with Crippen molar-refractivity contribution >= 4 is 23.4 Å².